The molecule has 4 nitrogen and oxygen atoms in total. The Labute approximate surface area is 118 Å². The highest BCUT2D eigenvalue weighted by Crippen LogP contribution is 2.29. The molecule has 2 N–H and O–H groups in total. The molecule has 1 fully saturated rings. The summed E-state index contributed by atoms with van der Waals surface area (Å²) in [7, 11) is 0. The second-order valence-electron chi connectivity index (χ2n) is 6.18. The predicted molar refractivity (Wildman–Crippen MR) is 74.9 cm³/mol. The van der Waals surface area contributed by atoms with Crippen LogP contribution in [0, 0.1) is 5.82 Å². The Morgan fingerprint density at radius 3 is 2.60 bits per heavy atom. The highest BCUT2D eigenvalue weighted by atomic mass is 19.1. The van der Waals surface area contributed by atoms with E-state index in [1.54, 1.807) is 23.1 Å². The number of amides is 1. The zero-order valence-electron chi connectivity index (χ0n) is 12.1. The van der Waals surface area contributed by atoms with Crippen molar-refractivity contribution in [3.8, 4) is 0 Å². The van der Waals surface area contributed by atoms with Crippen LogP contribution in [0.1, 0.15) is 32.3 Å². The summed E-state index contributed by atoms with van der Waals surface area (Å²) in [5.41, 5.74) is 6.07. The van der Waals surface area contributed by atoms with E-state index in [1.807, 2.05) is 20.8 Å². The maximum Gasteiger partial charge on any atom is 0.410 e. The summed E-state index contributed by atoms with van der Waals surface area (Å²) in [6.45, 7) is 6.21. The molecule has 0 aliphatic carbocycles. The molecule has 1 amide bonds. The molecule has 20 heavy (non-hydrogen) atoms. The van der Waals surface area contributed by atoms with Gasteiger partial charge in [-0.3, -0.25) is 0 Å². The molecule has 5 heteroatoms. The molecule has 1 saturated heterocycles. The van der Waals surface area contributed by atoms with Crippen LogP contribution in [-0.4, -0.2) is 35.7 Å². The van der Waals surface area contributed by atoms with Gasteiger partial charge < -0.3 is 15.4 Å². The fourth-order valence-corrected chi connectivity index (χ4v) is 2.41. The van der Waals surface area contributed by atoms with Crippen molar-refractivity contribution in [1.82, 2.24) is 4.90 Å². The zero-order valence-corrected chi connectivity index (χ0v) is 12.1. The summed E-state index contributed by atoms with van der Waals surface area (Å²) in [4.78, 5) is 13.6. The van der Waals surface area contributed by atoms with Crippen LogP contribution in [0.4, 0.5) is 9.18 Å². The molecule has 110 valence electrons. The van der Waals surface area contributed by atoms with E-state index in [4.69, 9.17) is 10.5 Å². The number of halogens is 1. The fraction of sp³-hybridized carbons (Fsp3) is 0.533. The minimum Gasteiger partial charge on any atom is -0.444 e. The van der Waals surface area contributed by atoms with Crippen LogP contribution < -0.4 is 5.73 Å². The SMILES string of the molecule is CC(C)(C)OC(=O)N1CC(c2ccccc2F)[C@H](N)C1. The number of nitrogens with two attached hydrogens (primary N) is 1. The van der Waals surface area contributed by atoms with Gasteiger partial charge in [-0.1, -0.05) is 18.2 Å². The van der Waals surface area contributed by atoms with Gasteiger partial charge >= 0.3 is 6.09 Å². The molecule has 1 aliphatic rings. The lowest BCUT2D eigenvalue weighted by atomic mass is 9.94. The van der Waals surface area contributed by atoms with Gasteiger partial charge in [-0.25, -0.2) is 9.18 Å². The van der Waals surface area contributed by atoms with Crippen molar-refractivity contribution in [3.63, 3.8) is 0 Å². The zero-order chi connectivity index (χ0) is 14.9. The van der Waals surface area contributed by atoms with E-state index >= 15 is 0 Å². The lowest BCUT2D eigenvalue weighted by Gasteiger charge is -2.24. The van der Waals surface area contributed by atoms with Gasteiger partial charge in [0, 0.05) is 25.0 Å². The summed E-state index contributed by atoms with van der Waals surface area (Å²) >= 11 is 0. The second-order valence-corrected chi connectivity index (χ2v) is 6.18. The molecule has 0 saturated carbocycles. The van der Waals surface area contributed by atoms with Gasteiger partial charge in [0.1, 0.15) is 11.4 Å². The van der Waals surface area contributed by atoms with Crippen LogP contribution in [0.3, 0.4) is 0 Å². The average molecular weight is 280 g/mol. The number of carbonyl (C=O) groups excluding carboxylic acids is 1. The molecule has 2 atom stereocenters. The summed E-state index contributed by atoms with van der Waals surface area (Å²) in [6.07, 6.45) is -0.396. The second kappa shape index (κ2) is 5.40. The van der Waals surface area contributed by atoms with Gasteiger partial charge in [0.15, 0.2) is 0 Å². The third kappa shape index (κ3) is 3.28. The number of hydrogen-bond donors (Lipinski definition) is 1. The molecule has 1 heterocycles. The Morgan fingerprint density at radius 1 is 1.35 bits per heavy atom. The Balaban J connectivity index is 2.10. The largest absolute Gasteiger partial charge is 0.444 e. The molecule has 1 aliphatic heterocycles. The van der Waals surface area contributed by atoms with Crippen LogP contribution in [0.25, 0.3) is 0 Å². The summed E-state index contributed by atoms with van der Waals surface area (Å²) in [6, 6.07) is 6.28. The molecule has 0 spiro atoms. The highest BCUT2D eigenvalue weighted by molar-refractivity contribution is 5.69. The smallest absolute Gasteiger partial charge is 0.410 e. The number of carbonyl (C=O) groups is 1. The van der Waals surface area contributed by atoms with E-state index in [0.717, 1.165) is 0 Å². The topological polar surface area (TPSA) is 55.6 Å². The molecule has 2 rings (SSSR count). The molecule has 0 bridgehead atoms. The van der Waals surface area contributed by atoms with Gasteiger partial charge in [0.2, 0.25) is 0 Å². The van der Waals surface area contributed by atoms with Gasteiger partial charge in [0.25, 0.3) is 0 Å². The minimum absolute atomic E-state index is 0.191. The number of ether oxygens (including phenoxy) is 1. The minimum atomic E-state index is -0.544. The Bertz CT molecular complexity index is 499. The van der Waals surface area contributed by atoms with Crippen molar-refractivity contribution in [1.29, 1.82) is 0 Å². The molecule has 1 aromatic rings. The van der Waals surface area contributed by atoms with Crippen molar-refractivity contribution in [2.75, 3.05) is 13.1 Å². The molecular weight excluding hydrogens is 259 g/mol. The van der Waals surface area contributed by atoms with Crippen molar-refractivity contribution in [2.24, 2.45) is 5.73 Å². The van der Waals surface area contributed by atoms with Crippen molar-refractivity contribution >= 4 is 6.09 Å². The number of rotatable bonds is 1. The van der Waals surface area contributed by atoms with E-state index in [1.165, 1.54) is 6.07 Å². The standard InChI is InChI=1S/C15H21FN2O2/c1-15(2,3)20-14(19)18-8-11(13(17)9-18)10-6-4-5-7-12(10)16/h4-7,11,13H,8-9,17H2,1-3H3/t11?,13-/m1/s1. The number of nitrogens with zero attached hydrogens (tertiary/aromatic N) is 1. The molecule has 0 radical (unpaired) electrons. The van der Waals surface area contributed by atoms with Crippen molar-refractivity contribution in [3.05, 3.63) is 35.6 Å². The first-order chi connectivity index (χ1) is 9.28. The van der Waals surface area contributed by atoms with Crippen molar-refractivity contribution in [2.45, 2.75) is 38.3 Å². The van der Waals surface area contributed by atoms with E-state index in [2.05, 4.69) is 0 Å². The van der Waals surface area contributed by atoms with Crippen LogP contribution in [0.2, 0.25) is 0 Å². The predicted octanol–water partition coefficient (Wildman–Crippen LogP) is 2.49. The van der Waals surface area contributed by atoms with Crippen LogP contribution in [-0.2, 0) is 4.74 Å². The first-order valence-corrected chi connectivity index (χ1v) is 6.76. The number of benzene rings is 1. The third-order valence-corrected chi connectivity index (χ3v) is 3.32. The summed E-state index contributed by atoms with van der Waals surface area (Å²) in [5.74, 6) is -0.470. The van der Waals surface area contributed by atoms with E-state index in [-0.39, 0.29) is 17.8 Å². The Hall–Kier alpha value is -1.62. The quantitative estimate of drug-likeness (QED) is 0.860. The van der Waals surface area contributed by atoms with E-state index in [9.17, 15) is 9.18 Å². The highest BCUT2D eigenvalue weighted by Gasteiger charge is 2.36. The summed E-state index contributed by atoms with van der Waals surface area (Å²) in [5, 5.41) is 0. The van der Waals surface area contributed by atoms with Crippen LogP contribution in [0.5, 0.6) is 0 Å². The van der Waals surface area contributed by atoms with Crippen LogP contribution in [0.15, 0.2) is 24.3 Å². The normalized spacial score (nSPS) is 22.9. The molecular formula is C15H21FN2O2. The lowest BCUT2D eigenvalue weighted by Crippen LogP contribution is -2.36. The Kier molecular flexibility index (Phi) is 3.99. The van der Waals surface area contributed by atoms with Gasteiger partial charge in [-0.15, -0.1) is 0 Å². The molecule has 0 aromatic heterocycles. The first-order valence-electron chi connectivity index (χ1n) is 6.76. The average Bonchev–Trinajstić information content (AvgIpc) is 2.70. The molecule has 1 unspecified atom stereocenters. The Morgan fingerprint density at radius 2 is 2.00 bits per heavy atom. The fourth-order valence-electron chi connectivity index (χ4n) is 2.41. The maximum absolute atomic E-state index is 13.8. The van der Waals surface area contributed by atoms with E-state index in [0.29, 0.717) is 18.7 Å². The van der Waals surface area contributed by atoms with E-state index < -0.39 is 11.7 Å². The first kappa shape index (κ1) is 14.8. The van der Waals surface area contributed by atoms with Crippen LogP contribution >= 0.6 is 0 Å². The lowest BCUT2D eigenvalue weighted by molar-refractivity contribution is 0.0290. The van der Waals surface area contributed by atoms with Gasteiger partial charge in [-0.05, 0) is 32.4 Å². The molecule has 1 aromatic carbocycles. The number of likely N-dealkylation sites (tertiary alicyclic amines) is 1. The monoisotopic (exact) mass is 280 g/mol. The third-order valence-electron chi connectivity index (χ3n) is 3.32. The summed E-state index contributed by atoms with van der Waals surface area (Å²) < 4.78 is 19.1. The van der Waals surface area contributed by atoms with Gasteiger partial charge in [-0.2, -0.15) is 0 Å². The number of hydrogen-bond acceptors (Lipinski definition) is 3. The van der Waals surface area contributed by atoms with Gasteiger partial charge in [0.05, 0.1) is 0 Å². The maximum atomic E-state index is 13.8. The van der Waals surface area contributed by atoms with Crippen molar-refractivity contribution < 1.29 is 13.9 Å².